The molecule has 4 nitrogen and oxygen atoms in total. The van der Waals surface area contributed by atoms with E-state index in [4.69, 9.17) is 0 Å². The van der Waals surface area contributed by atoms with E-state index in [1.54, 1.807) is 6.07 Å². The molecule has 78 valence electrons. The first-order valence-electron chi connectivity index (χ1n) is 4.95. The number of rotatable bonds is 2. The van der Waals surface area contributed by atoms with Gasteiger partial charge in [-0.05, 0) is 19.1 Å². The van der Waals surface area contributed by atoms with Gasteiger partial charge in [0.1, 0.15) is 5.82 Å². The van der Waals surface area contributed by atoms with Crippen molar-refractivity contribution < 1.29 is 4.79 Å². The molecule has 0 saturated heterocycles. The molecule has 15 heavy (non-hydrogen) atoms. The minimum absolute atomic E-state index is 0.0106. The zero-order valence-electron chi connectivity index (χ0n) is 9.06. The molecular weight excluding hydrogens is 190 g/mol. The summed E-state index contributed by atoms with van der Waals surface area (Å²) in [6, 6.07) is 3.59. The molecule has 2 heterocycles. The van der Waals surface area contributed by atoms with Crippen molar-refractivity contribution in [2.24, 2.45) is 5.92 Å². The summed E-state index contributed by atoms with van der Waals surface area (Å²) in [4.78, 5) is 11.7. The van der Waals surface area contributed by atoms with E-state index < -0.39 is 0 Å². The second-order valence-electron chi connectivity index (χ2n) is 3.91. The molecule has 2 aromatic rings. The number of carbonyl (C=O) groups is 1. The fourth-order valence-electron chi connectivity index (χ4n) is 1.50. The highest BCUT2D eigenvalue weighted by Crippen LogP contribution is 2.11. The Bertz CT molecular complexity index is 514. The van der Waals surface area contributed by atoms with Crippen LogP contribution in [0.2, 0.25) is 0 Å². The molecule has 0 fully saturated rings. The number of nitrogens with zero attached hydrogens (tertiary/aromatic N) is 3. The Kier molecular flexibility index (Phi) is 2.26. The SMILES string of the molecule is Cc1nnc2cc(C(=O)C(C)C)ccn12. The number of Topliss-reactive ketones (excluding diaryl/α,β-unsaturated/α-hetero) is 1. The molecule has 0 amide bonds. The van der Waals surface area contributed by atoms with Crippen molar-refractivity contribution in [1.29, 1.82) is 0 Å². The van der Waals surface area contributed by atoms with E-state index in [-0.39, 0.29) is 11.7 Å². The standard InChI is InChI=1S/C11H13N3O/c1-7(2)11(15)9-4-5-14-8(3)12-13-10(14)6-9/h4-7H,1-3H3. The van der Waals surface area contributed by atoms with E-state index in [1.165, 1.54) is 0 Å². The summed E-state index contributed by atoms with van der Waals surface area (Å²) in [7, 11) is 0. The molecule has 2 aromatic heterocycles. The van der Waals surface area contributed by atoms with Crippen LogP contribution in [-0.4, -0.2) is 20.4 Å². The molecule has 0 saturated carbocycles. The van der Waals surface area contributed by atoms with Crippen LogP contribution in [0.1, 0.15) is 30.0 Å². The number of aromatic nitrogens is 3. The lowest BCUT2D eigenvalue weighted by molar-refractivity contribution is 0.0939. The largest absolute Gasteiger partial charge is 0.294 e. The molecule has 0 aliphatic heterocycles. The van der Waals surface area contributed by atoms with Gasteiger partial charge in [-0.1, -0.05) is 13.8 Å². The first-order valence-corrected chi connectivity index (χ1v) is 4.95. The number of aryl methyl sites for hydroxylation is 1. The van der Waals surface area contributed by atoms with Crippen LogP contribution in [-0.2, 0) is 0 Å². The summed E-state index contributed by atoms with van der Waals surface area (Å²) in [6.07, 6.45) is 1.83. The average Bonchev–Trinajstić information content (AvgIpc) is 2.59. The van der Waals surface area contributed by atoms with Crippen LogP contribution in [0.5, 0.6) is 0 Å². The lowest BCUT2D eigenvalue weighted by atomic mass is 10.0. The van der Waals surface area contributed by atoms with E-state index in [1.807, 2.05) is 37.4 Å². The monoisotopic (exact) mass is 203 g/mol. The molecule has 0 aromatic carbocycles. The maximum absolute atomic E-state index is 11.7. The van der Waals surface area contributed by atoms with E-state index in [2.05, 4.69) is 10.2 Å². The Balaban J connectivity index is 2.52. The van der Waals surface area contributed by atoms with E-state index in [0.717, 1.165) is 11.5 Å². The molecular formula is C11H13N3O. The van der Waals surface area contributed by atoms with E-state index in [9.17, 15) is 4.79 Å². The Hall–Kier alpha value is -1.71. The minimum atomic E-state index is 0.0106. The van der Waals surface area contributed by atoms with E-state index in [0.29, 0.717) is 5.56 Å². The summed E-state index contributed by atoms with van der Waals surface area (Å²) in [6.45, 7) is 5.66. The average molecular weight is 203 g/mol. The highest BCUT2D eigenvalue weighted by atomic mass is 16.1. The third kappa shape index (κ3) is 1.63. The predicted octanol–water partition coefficient (Wildman–Crippen LogP) is 1.88. The zero-order chi connectivity index (χ0) is 11.0. The lowest BCUT2D eigenvalue weighted by Crippen LogP contribution is -2.07. The van der Waals surface area contributed by atoms with Crippen molar-refractivity contribution in [1.82, 2.24) is 14.6 Å². The van der Waals surface area contributed by atoms with Gasteiger partial charge in [-0.25, -0.2) is 0 Å². The smallest absolute Gasteiger partial charge is 0.165 e. The number of pyridine rings is 1. The Morgan fingerprint density at radius 3 is 2.80 bits per heavy atom. The summed E-state index contributed by atoms with van der Waals surface area (Å²) in [5.74, 6) is 0.975. The zero-order valence-corrected chi connectivity index (χ0v) is 9.06. The molecule has 0 unspecified atom stereocenters. The summed E-state index contributed by atoms with van der Waals surface area (Å²) >= 11 is 0. The summed E-state index contributed by atoms with van der Waals surface area (Å²) < 4.78 is 1.86. The molecule has 0 atom stereocenters. The van der Waals surface area contributed by atoms with Crippen LogP contribution in [0.25, 0.3) is 5.65 Å². The van der Waals surface area contributed by atoms with Crippen LogP contribution in [0.3, 0.4) is 0 Å². The van der Waals surface area contributed by atoms with Crippen LogP contribution in [0.15, 0.2) is 18.3 Å². The van der Waals surface area contributed by atoms with Crippen LogP contribution >= 0.6 is 0 Å². The number of carbonyl (C=O) groups excluding carboxylic acids is 1. The number of hydrogen-bond donors (Lipinski definition) is 0. The normalized spacial score (nSPS) is 11.2. The second kappa shape index (κ2) is 3.46. The molecule has 0 bridgehead atoms. The summed E-state index contributed by atoms with van der Waals surface area (Å²) in [5.41, 5.74) is 1.42. The fourth-order valence-corrected chi connectivity index (χ4v) is 1.50. The maximum Gasteiger partial charge on any atom is 0.165 e. The van der Waals surface area contributed by atoms with Crippen molar-refractivity contribution in [3.63, 3.8) is 0 Å². The van der Waals surface area contributed by atoms with Crippen molar-refractivity contribution in [3.8, 4) is 0 Å². The topological polar surface area (TPSA) is 47.3 Å². The van der Waals surface area contributed by atoms with Crippen molar-refractivity contribution >= 4 is 11.4 Å². The Morgan fingerprint density at radius 2 is 2.13 bits per heavy atom. The van der Waals surface area contributed by atoms with Crippen LogP contribution < -0.4 is 0 Å². The van der Waals surface area contributed by atoms with Gasteiger partial charge in [-0.3, -0.25) is 9.20 Å². The van der Waals surface area contributed by atoms with Crippen molar-refractivity contribution in [3.05, 3.63) is 29.7 Å². The minimum Gasteiger partial charge on any atom is -0.294 e. The van der Waals surface area contributed by atoms with Crippen molar-refractivity contribution in [2.45, 2.75) is 20.8 Å². The number of fused-ring (bicyclic) bond motifs is 1. The van der Waals surface area contributed by atoms with Gasteiger partial charge in [0.2, 0.25) is 0 Å². The third-order valence-corrected chi connectivity index (χ3v) is 2.39. The molecule has 4 heteroatoms. The van der Waals surface area contributed by atoms with Gasteiger partial charge in [0.15, 0.2) is 11.4 Å². The third-order valence-electron chi connectivity index (χ3n) is 2.39. The summed E-state index contributed by atoms with van der Waals surface area (Å²) in [5, 5.41) is 7.92. The first kappa shape index (κ1) is 9.83. The van der Waals surface area contributed by atoms with Gasteiger partial charge in [0.05, 0.1) is 0 Å². The number of hydrogen-bond acceptors (Lipinski definition) is 3. The molecule has 0 aliphatic rings. The molecule has 0 spiro atoms. The first-order chi connectivity index (χ1) is 7.09. The van der Waals surface area contributed by atoms with Crippen LogP contribution in [0, 0.1) is 12.8 Å². The Morgan fingerprint density at radius 1 is 1.40 bits per heavy atom. The van der Waals surface area contributed by atoms with Gasteiger partial charge >= 0.3 is 0 Å². The molecule has 0 radical (unpaired) electrons. The van der Waals surface area contributed by atoms with Gasteiger partial charge in [-0.2, -0.15) is 0 Å². The van der Waals surface area contributed by atoms with Crippen LogP contribution in [0.4, 0.5) is 0 Å². The highest BCUT2D eigenvalue weighted by molar-refractivity contribution is 5.98. The second-order valence-corrected chi connectivity index (χ2v) is 3.91. The van der Waals surface area contributed by atoms with Gasteiger partial charge in [0, 0.05) is 17.7 Å². The quantitative estimate of drug-likeness (QED) is 0.700. The molecule has 0 aliphatic carbocycles. The van der Waals surface area contributed by atoms with Gasteiger partial charge in [0.25, 0.3) is 0 Å². The van der Waals surface area contributed by atoms with Gasteiger partial charge in [-0.15, -0.1) is 10.2 Å². The molecule has 0 N–H and O–H groups in total. The Labute approximate surface area is 87.9 Å². The lowest BCUT2D eigenvalue weighted by Gasteiger charge is -2.04. The maximum atomic E-state index is 11.7. The number of ketones is 1. The predicted molar refractivity (Wildman–Crippen MR) is 56.9 cm³/mol. The fraction of sp³-hybridized carbons (Fsp3) is 0.364. The van der Waals surface area contributed by atoms with Crippen molar-refractivity contribution in [2.75, 3.05) is 0 Å². The highest BCUT2D eigenvalue weighted by Gasteiger charge is 2.11. The molecule has 2 rings (SSSR count). The van der Waals surface area contributed by atoms with Gasteiger partial charge < -0.3 is 0 Å². The van der Waals surface area contributed by atoms with E-state index >= 15 is 0 Å².